The average Bonchev–Trinajstić information content (AvgIpc) is 2.02. The van der Waals surface area contributed by atoms with Gasteiger partial charge in [0, 0.05) is 0 Å². The zero-order chi connectivity index (χ0) is 10.9. The fourth-order valence-electron chi connectivity index (χ4n) is 0.809. The number of nitro groups is 1. The summed E-state index contributed by atoms with van der Waals surface area (Å²) in [5.74, 6) is -1.04. The Labute approximate surface area is 90.5 Å². The summed E-state index contributed by atoms with van der Waals surface area (Å²) < 4.78 is 34.8. The van der Waals surface area contributed by atoms with Gasteiger partial charge < -0.3 is 0 Å². The van der Waals surface area contributed by atoms with Gasteiger partial charge in [-0.05, 0) is 0 Å². The van der Waals surface area contributed by atoms with E-state index in [1.54, 1.807) is 0 Å². The predicted octanol–water partition coefficient (Wildman–Crippen LogP) is 0.323. The fraction of sp³-hybridized carbons (Fsp3) is 0. The Morgan fingerprint density at radius 3 is 2.43 bits per heavy atom. The zero-order valence-electron chi connectivity index (χ0n) is 6.68. The van der Waals surface area contributed by atoms with Crippen molar-refractivity contribution in [3.05, 3.63) is 34.1 Å². The van der Waals surface area contributed by atoms with Crippen LogP contribution >= 0.6 is 0 Å². The van der Waals surface area contributed by atoms with Crippen LogP contribution in [0, 0.1) is 15.9 Å². The summed E-state index contributed by atoms with van der Waals surface area (Å²) in [6.07, 6.45) is 0. The van der Waals surface area contributed by atoms with Crippen LogP contribution in [0.15, 0.2) is 23.1 Å². The number of halogens is 1. The van der Waals surface area contributed by atoms with Crippen molar-refractivity contribution in [2.45, 2.75) is 4.90 Å². The van der Waals surface area contributed by atoms with E-state index < -0.39 is 23.4 Å². The maximum atomic E-state index is 12.8. The van der Waals surface area contributed by atoms with Crippen molar-refractivity contribution in [1.29, 1.82) is 0 Å². The minimum absolute atomic E-state index is 0.0978. The van der Waals surface area contributed by atoms with E-state index in [4.69, 9.17) is 0 Å². The minimum atomic E-state index is -3.42. The molecule has 2 radical (unpaired) electrons. The zero-order valence-corrected chi connectivity index (χ0v) is 10.8. The van der Waals surface area contributed by atoms with E-state index in [-0.39, 0.29) is 26.0 Å². The molecule has 0 unspecified atom stereocenters. The first kappa shape index (κ1) is 11.4. The standard InChI is InChI=1S/C6H3FNO4S.Sn.H/c7-5-2-1-4(13(11)12)3-6(5)8(9)10;;/h1-3H;;. The summed E-state index contributed by atoms with van der Waals surface area (Å²) in [5, 5.41) is 10.3. The molecule has 1 aromatic rings. The predicted molar refractivity (Wildman–Crippen MR) is 47.4 cm³/mol. The summed E-state index contributed by atoms with van der Waals surface area (Å²) in [5.41, 5.74) is -0.819. The van der Waals surface area contributed by atoms with E-state index >= 15 is 0 Å². The summed E-state index contributed by atoms with van der Waals surface area (Å²) in [7, 11) is -3.42. The van der Waals surface area contributed by atoms with Gasteiger partial charge in [0.1, 0.15) is 0 Å². The van der Waals surface area contributed by atoms with Gasteiger partial charge in [-0.2, -0.15) is 0 Å². The van der Waals surface area contributed by atoms with Crippen LogP contribution in [-0.2, 0) is 7.02 Å². The van der Waals surface area contributed by atoms with Crippen molar-refractivity contribution in [3.8, 4) is 0 Å². The Bertz CT molecular complexity index is 487. The van der Waals surface area contributed by atoms with E-state index in [1.165, 1.54) is 0 Å². The molecule has 0 atom stereocenters. The van der Waals surface area contributed by atoms with Crippen molar-refractivity contribution < 1.29 is 17.7 Å². The fourth-order valence-corrected chi connectivity index (χ4v) is 2.60. The van der Waals surface area contributed by atoms with Gasteiger partial charge in [-0.25, -0.2) is 0 Å². The first-order valence-electron chi connectivity index (χ1n) is 3.29. The summed E-state index contributed by atoms with van der Waals surface area (Å²) >= 11 is -0.0978. The maximum absolute atomic E-state index is 12.8. The SMILES string of the molecule is O=[N+]([O-])c1cc([S](=O)(=O)[SnH])ccc1F. The van der Waals surface area contributed by atoms with Gasteiger partial charge in [0.15, 0.2) is 0 Å². The van der Waals surface area contributed by atoms with Crippen molar-refractivity contribution >= 4 is 33.9 Å². The normalized spacial score (nSPS) is 11.3. The van der Waals surface area contributed by atoms with E-state index in [0.717, 1.165) is 18.2 Å². The number of rotatable bonds is 2. The van der Waals surface area contributed by atoms with Gasteiger partial charge >= 0.3 is 90.6 Å². The molecule has 0 aliphatic carbocycles. The molecule has 1 rings (SSSR count). The van der Waals surface area contributed by atoms with E-state index in [0.29, 0.717) is 0 Å². The first-order chi connectivity index (χ1) is 6.32. The Morgan fingerprint density at radius 2 is 2.00 bits per heavy atom. The van der Waals surface area contributed by atoms with Gasteiger partial charge in [0.25, 0.3) is 0 Å². The van der Waals surface area contributed by atoms with Gasteiger partial charge in [0.05, 0.1) is 0 Å². The molecule has 0 N–H and O–H groups in total. The van der Waals surface area contributed by atoms with Crippen LogP contribution in [0.4, 0.5) is 10.1 Å². The second-order valence-corrected chi connectivity index (χ2v) is 9.29. The number of nitro benzene ring substituents is 1. The molecule has 0 amide bonds. The molecule has 0 aliphatic rings. The molecule has 14 heavy (non-hydrogen) atoms. The monoisotopic (exact) mass is 325 g/mol. The second kappa shape index (κ2) is 3.81. The van der Waals surface area contributed by atoms with Gasteiger partial charge in [0.2, 0.25) is 0 Å². The summed E-state index contributed by atoms with van der Waals surface area (Å²) in [6, 6.07) is 2.53. The molecule has 0 saturated carbocycles. The summed E-state index contributed by atoms with van der Waals surface area (Å²) in [4.78, 5) is 9.11. The second-order valence-electron chi connectivity index (χ2n) is 2.42. The molecule has 0 spiro atoms. The van der Waals surface area contributed by atoms with Crippen LogP contribution in [0.25, 0.3) is 0 Å². The van der Waals surface area contributed by atoms with Crippen LogP contribution in [-0.4, -0.2) is 34.5 Å². The molecule has 74 valence electrons. The number of hydrogen-bond acceptors (Lipinski definition) is 4. The molecule has 1 aromatic carbocycles. The van der Waals surface area contributed by atoms with E-state index in [1.807, 2.05) is 0 Å². The Kier molecular flexibility index (Phi) is 3.10. The molecule has 0 aromatic heterocycles. The van der Waals surface area contributed by atoms with Crippen LogP contribution in [0.5, 0.6) is 0 Å². The third-order valence-corrected chi connectivity index (χ3v) is 4.68. The third-order valence-electron chi connectivity index (χ3n) is 1.44. The number of nitrogens with zero attached hydrogens (tertiary/aromatic N) is 1. The third kappa shape index (κ3) is 2.41. The van der Waals surface area contributed by atoms with Crippen molar-refractivity contribution in [2.24, 2.45) is 0 Å². The Hall–Kier alpha value is -0.701. The molecular weight excluding hydrogens is 320 g/mol. The average molecular weight is 324 g/mol. The molecular formula is C6H4FNO4SSn. The Morgan fingerprint density at radius 1 is 1.43 bits per heavy atom. The van der Waals surface area contributed by atoms with E-state index in [9.17, 15) is 22.9 Å². The molecule has 0 saturated heterocycles. The van der Waals surface area contributed by atoms with Crippen LogP contribution in [0.2, 0.25) is 0 Å². The number of hydrogen-bond donors (Lipinski definition) is 0. The van der Waals surface area contributed by atoms with Gasteiger partial charge in [-0.1, -0.05) is 0 Å². The van der Waals surface area contributed by atoms with Crippen LogP contribution < -0.4 is 0 Å². The molecule has 8 heteroatoms. The van der Waals surface area contributed by atoms with Gasteiger partial charge in [-0.15, -0.1) is 0 Å². The first-order valence-corrected chi connectivity index (χ1v) is 8.87. The van der Waals surface area contributed by atoms with Crippen molar-refractivity contribution in [3.63, 3.8) is 0 Å². The molecule has 0 aliphatic heterocycles. The molecule has 0 bridgehead atoms. The van der Waals surface area contributed by atoms with Crippen LogP contribution in [0.1, 0.15) is 0 Å². The Balaban J connectivity index is 3.42. The quantitative estimate of drug-likeness (QED) is 0.446. The molecule has 5 nitrogen and oxygen atoms in total. The molecule has 0 fully saturated rings. The number of benzene rings is 1. The van der Waals surface area contributed by atoms with Gasteiger partial charge in [-0.3, -0.25) is 0 Å². The van der Waals surface area contributed by atoms with Crippen LogP contribution in [0.3, 0.4) is 0 Å². The molecule has 0 heterocycles. The van der Waals surface area contributed by atoms with Crippen molar-refractivity contribution in [2.75, 3.05) is 0 Å². The van der Waals surface area contributed by atoms with E-state index in [2.05, 4.69) is 0 Å². The van der Waals surface area contributed by atoms with Crippen molar-refractivity contribution in [1.82, 2.24) is 0 Å². The topological polar surface area (TPSA) is 77.3 Å². The summed E-state index contributed by atoms with van der Waals surface area (Å²) in [6.45, 7) is 0.